The highest BCUT2D eigenvalue weighted by Crippen LogP contribution is 2.28. The number of para-hydroxylation sites is 2. The molecule has 0 aliphatic rings. The van der Waals surface area contributed by atoms with Gasteiger partial charge in [-0.15, -0.1) is 0 Å². The van der Waals surface area contributed by atoms with Crippen LogP contribution in [0.1, 0.15) is 22.8 Å². The van der Waals surface area contributed by atoms with Gasteiger partial charge in [0.05, 0.1) is 5.39 Å². The van der Waals surface area contributed by atoms with Crippen molar-refractivity contribution in [2.75, 3.05) is 11.9 Å². The van der Waals surface area contributed by atoms with E-state index in [2.05, 4.69) is 0 Å². The van der Waals surface area contributed by atoms with Crippen LogP contribution in [-0.2, 0) is 9.53 Å². The van der Waals surface area contributed by atoms with Crippen LogP contribution in [-0.4, -0.2) is 25.0 Å². The fourth-order valence-corrected chi connectivity index (χ4v) is 3.66. The summed E-state index contributed by atoms with van der Waals surface area (Å²) in [6, 6.07) is 23.0. The lowest BCUT2D eigenvalue weighted by Gasteiger charge is -2.21. The fraction of sp³-hybridized carbons (Fsp3) is 0.148. The largest absolute Gasteiger partial charge is 0.455 e. The highest BCUT2D eigenvalue weighted by molar-refractivity contribution is 6.04. The van der Waals surface area contributed by atoms with Gasteiger partial charge in [-0.05, 0) is 38.1 Å². The van der Waals surface area contributed by atoms with Gasteiger partial charge in [0.1, 0.15) is 11.3 Å². The van der Waals surface area contributed by atoms with Crippen LogP contribution in [0.15, 0.2) is 88.1 Å². The molecule has 3 aromatic carbocycles. The summed E-state index contributed by atoms with van der Waals surface area (Å²) in [5, 5.41) is 0.280. The molecule has 0 fully saturated rings. The number of esters is 1. The van der Waals surface area contributed by atoms with E-state index in [0.29, 0.717) is 17.0 Å². The fourth-order valence-electron chi connectivity index (χ4n) is 3.66. The van der Waals surface area contributed by atoms with Crippen LogP contribution < -0.4 is 10.3 Å². The number of nitrogens with zero attached hydrogens (tertiary/aromatic N) is 1. The van der Waals surface area contributed by atoms with E-state index in [9.17, 15) is 14.4 Å². The van der Waals surface area contributed by atoms with E-state index in [-0.39, 0.29) is 27.9 Å². The number of benzene rings is 3. The monoisotopic (exact) mass is 441 g/mol. The van der Waals surface area contributed by atoms with E-state index in [1.807, 2.05) is 48.5 Å². The molecule has 1 amide bonds. The quantitative estimate of drug-likeness (QED) is 0.409. The summed E-state index contributed by atoms with van der Waals surface area (Å²) in [6.45, 7) is 3.21. The number of hydrogen-bond donors (Lipinski definition) is 0. The minimum Gasteiger partial charge on any atom is -0.455 e. The van der Waals surface area contributed by atoms with E-state index in [1.165, 1.54) is 17.9 Å². The topological polar surface area (TPSA) is 76.8 Å². The number of anilines is 1. The second-order valence-electron chi connectivity index (χ2n) is 7.71. The zero-order chi connectivity index (χ0) is 23.5. The SMILES string of the molecule is Cc1c(-c2ccccc2)oc2c(C(=O)OC(C)C(=O)N(C)c3ccccc3)cccc2c1=O. The Hall–Kier alpha value is -4.19. The molecule has 6 heteroatoms. The third kappa shape index (κ3) is 4.28. The first-order chi connectivity index (χ1) is 15.9. The molecule has 0 aliphatic carbocycles. The van der Waals surface area contributed by atoms with Crippen LogP contribution in [0.4, 0.5) is 5.69 Å². The minimum absolute atomic E-state index is 0.0868. The maximum atomic E-state index is 13.0. The molecule has 166 valence electrons. The maximum absolute atomic E-state index is 13.0. The lowest BCUT2D eigenvalue weighted by atomic mass is 10.0. The molecule has 0 radical (unpaired) electrons. The van der Waals surface area contributed by atoms with Crippen LogP contribution in [0.3, 0.4) is 0 Å². The third-order valence-corrected chi connectivity index (χ3v) is 5.51. The number of hydrogen-bond acceptors (Lipinski definition) is 5. The third-order valence-electron chi connectivity index (χ3n) is 5.51. The molecule has 0 spiro atoms. The predicted molar refractivity (Wildman–Crippen MR) is 127 cm³/mol. The van der Waals surface area contributed by atoms with Gasteiger partial charge in [-0.2, -0.15) is 0 Å². The second-order valence-corrected chi connectivity index (χ2v) is 7.71. The van der Waals surface area contributed by atoms with Crippen molar-refractivity contribution in [3.63, 3.8) is 0 Å². The average molecular weight is 441 g/mol. The molecule has 4 aromatic rings. The number of carbonyl (C=O) groups is 2. The summed E-state index contributed by atoms with van der Waals surface area (Å²) >= 11 is 0. The Labute approximate surface area is 191 Å². The number of amides is 1. The Bertz CT molecular complexity index is 1380. The summed E-state index contributed by atoms with van der Waals surface area (Å²) in [6.07, 6.45) is -1.04. The van der Waals surface area contributed by atoms with Crippen molar-refractivity contribution < 1.29 is 18.7 Å². The Morgan fingerprint density at radius 1 is 0.909 bits per heavy atom. The first kappa shape index (κ1) is 22.0. The number of likely N-dealkylation sites (N-methyl/N-ethyl adjacent to an activating group) is 1. The van der Waals surface area contributed by atoms with Gasteiger partial charge in [0.25, 0.3) is 5.91 Å². The zero-order valence-corrected chi connectivity index (χ0v) is 18.6. The van der Waals surface area contributed by atoms with Gasteiger partial charge in [0, 0.05) is 23.9 Å². The maximum Gasteiger partial charge on any atom is 0.342 e. The van der Waals surface area contributed by atoms with Crippen molar-refractivity contribution in [3.8, 4) is 11.3 Å². The van der Waals surface area contributed by atoms with E-state index in [1.54, 1.807) is 38.2 Å². The second kappa shape index (κ2) is 9.12. The Morgan fingerprint density at radius 3 is 2.21 bits per heavy atom. The van der Waals surface area contributed by atoms with Gasteiger partial charge in [-0.1, -0.05) is 54.6 Å². The molecule has 0 saturated heterocycles. The Morgan fingerprint density at radius 2 is 1.55 bits per heavy atom. The van der Waals surface area contributed by atoms with Crippen LogP contribution in [0, 0.1) is 6.92 Å². The molecule has 33 heavy (non-hydrogen) atoms. The number of ether oxygens (including phenoxy) is 1. The lowest BCUT2D eigenvalue weighted by Crippen LogP contribution is -2.37. The molecule has 0 N–H and O–H groups in total. The summed E-state index contributed by atoms with van der Waals surface area (Å²) < 4.78 is 11.5. The molecule has 0 aliphatic heterocycles. The van der Waals surface area contributed by atoms with Gasteiger partial charge in [-0.3, -0.25) is 9.59 Å². The van der Waals surface area contributed by atoms with E-state index < -0.39 is 12.1 Å². The predicted octanol–water partition coefficient (Wildman–Crippen LogP) is 4.98. The van der Waals surface area contributed by atoms with Crippen molar-refractivity contribution >= 4 is 28.5 Å². The van der Waals surface area contributed by atoms with Crippen LogP contribution in [0.5, 0.6) is 0 Å². The molecule has 1 atom stereocenters. The van der Waals surface area contributed by atoms with E-state index in [4.69, 9.17) is 9.15 Å². The van der Waals surface area contributed by atoms with Gasteiger partial charge in [0.2, 0.25) is 0 Å². The summed E-state index contributed by atoms with van der Waals surface area (Å²) in [5.74, 6) is -0.729. The standard InChI is InChI=1S/C27H23NO5/c1-17-23(29)21-15-10-16-22(25(21)33-24(17)19-11-6-4-7-12-19)27(31)32-18(2)26(30)28(3)20-13-8-5-9-14-20/h4-16,18H,1-3H3. The van der Waals surface area contributed by atoms with Crippen LogP contribution in [0.2, 0.25) is 0 Å². The molecular formula is C27H23NO5. The summed E-state index contributed by atoms with van der Waals surface area (Å²) in [7, 11) is 1.62. The lowest BCUT2D eigenvalue weighted by molar-refractivity contribution is -0.126. The minimum atomic E-state index is -1.04. The van der Waals surface area contributed by atoms with Crippen molar-refractivity contribution in [2.24, 2.45) is 0 Å². The van der Waals surface area contributed by atoms with Gasteiger partial charge < -0.3 is 14.1 Å². The molecule has 0 saturated carbocycles. The zero-order valence-electron chi connectivity index (χ0n) is 18.6. The average Bonchev–Trinajstić information content (AvgIpc) is 2.85. The van der Waals surface area contributed by atoms with Gasteiger partial charge in [-0.25, -0.2) is 4.79 Å². The highest BCUT2D eigenvalue weighted by atomic mass is 16.5. The van der Waals surface area contributed by atoms with Gasteiger partial charge in [0.15, 0.2) is 17.1 Å². The molecule has 1 unspecified atom stereocenters. The molecule has 4 rings (SSSR count). The van der Waals surface area contributed by atoms with Crippen molar-refractivity contribution in [1.29, 1.82) is 0 Å². The van der Waals surface area contributed by atoms with E-state index >= 15 is 0 Å². The Kier molecular flexibility index (Phi) is 6.09. The molecule has 6 nitrogen and oxygen atoms in total. The first-order valence-corrected chi connectivity index (χ1v) is 10.5. The van der Waals surface area contributed by atoms with Crippen LogP contribution >= 0.6 is 0 Å². The van der Waals surface area contributed by atoms with Gasteiger partial charge >= 0.3 is 5.97 Å². The van der Waals surface area contributed by atoms with Crippen molar-refractivity contribution in [3.05, 3.63) is 100 Å². The first-order valence-electron chi connectivity index (χ1n) is 10.5. The highest BCUT2D eigenvalue weighted by Gasteiger charge is 2.25. The van der Waals surface area contributed by atoms with Crippen molar-refractivity contribution in [2.45, 2.75) is 20.0 Å². The normalized spacial score (nSPS) is 11.7. The molecule has 1 aromatic heterocycles. The number of rotatable bonds is 5. The molecular weight excluding hydrogens is 418 g/mol. The molecule has 1 heterocycles. The summed E-state index contributed by atoms with van der Waals surface area (Å²) in [4.78, 5) is 40.2. The smallest absolute Gasteiger partial charge is 0.342 e. The summed E-state index contributed by atoms with van der Waals surface area (Å²) in [5.41, 5.74) is 1.86. The van der Waals surface area contributed by atoms with Crippen LogP contribution in [0.25, 0.3) is 22.3 Å². The number of carbonyl (C=O) groups excluding carboxylic acids is 2. The van der Waals surface area contributed by atoms with E-state index in [0.717, 1.165) is 5.56 Å². The number of fused-ring (bicyclic) bond motifs is 1. The van der Waals surface area contributed by atoms with Crippen molar-refractivity contribution in [1.82, 2.24) is 0 Å². The molecule has 0 bridgehead atoms. The Balaban J connectivity index is 1.68.